The molecule has 0 amide bonds. The van der Waals surface area contributed by atoms with E-state index in [1.807, 2.05) is 55.5 Å². The normalized spacial score (nSPS) is 18.1. The van der Waals surface area contributed by atoms with Crippen LogP contribution < -0.4 is 9.47 Å². The molecular formula is C21H17ClN4O2. The van der Waals surface area contributed by atoms with Crippen LogP contribution in [0.25, 0.3) is 0 Å². The summed E-state index contributed by atoms with van der Waals surface area (Å²) in [6.07, 6.45) is 0. The molecule has 0 bridgehead atoms. The van der Waals surface area contributed by atoms with Gasteiger partial charge in [0.25, 0.3) is 0 Å². The smallest absolute Gasteiger partial charge is 0.243 e. The molecule has 0 saturated heterocycles. The number of halogens is 1. The van der Waals surface area contributed by atoms with Crippen LogP contribution in [0.3, 0.4) is 0 Å². The summed E-state index contributed by atoms with van der Waals surface area (Å²) in [5.41, 5.74) is 3.25. The van der Waals surface area contributed by atoms with Gasteiger partial charge in [-0.05, 0) is 19.1 Å². The molecule has 140 valence electrons. The lowest BCUT2D eigenvalue weighted by atomic mass is 9.79. The highest BCUT2D eigenvalue weighted by Crippen LogP contribution is 2.45. The highest BCUT2D eigenvalue weighted by Gasteiger charge is 2.41. The van der Waals surface area contributed by atoms with E-state index in [0.29, 0.717) is 23.3 Å². The van der Waals surface area contributed by atoms with Gasteiger partial charge in [0.2, 0.25) is 11.8 Å². The van der Waals surface area contributed by atoms with Crippen molar-refractivity contribution in [1.82, 2.24) is 10.2 Å². The van der Waals surface area contributed by atoms with Crippen molar-refractivity contribution < 1.29 is 9.47 Å². The van der Waals surface area contributed by atoms with Gasteiger partial charge in [0, 0.05) is 33.3 Å². The lowest BCUT2D eigenvalue weighted by Crippen LogP contribution is -2.31. The number of ether oxygens (including phenoxy) is 2. The number of nitrogens with one attached hydrogen (secondary N) is 2. The van der Waals surface area contributed by atoms with Crippen molar-refractivity contribution >= 4 is 17.5 Å². The Balaban J connectivity index is 1.75. The van der Waals surface area contributed by atoms with Crippen LogP contribution in [0.5, 0.6) is 11.6 Å². The predicted octanol–water partition coefficient (Wildman–Crippen LogP) is 4.59. The number of rotatable bonds is 4. The van der Waals surface area contributed by atoms with E-state index in [1.165, 1.54) is 0 Å². The minimum absolute atomic E-state index is 0.118. The summed E-state index contributed by atoms with van der Waals surface area (Å²) >= 11 is 6.24. The monoisotopic (exact) mass is 392 g/mol. The quantitative estimate of drug-likeness (QED) is 0.678. The molecule has 0 spiro atoms. The summed E-state index contributed by atoms with van der Waals surface area (Å²) in [4.78, 5) is 0. The first kappa shape index (κ1) is 18.1. The third-order valence-electron chi connectivity index (χ3n) is 4.83. The van der Waals surface area contributed by atoms with Crippen molar-refractivity contribution in [2.24, 2.45) is 5.92 Å². The number of hydrogen-bond acceptors (Lipinski definition) is 5. The van der Waals surface area contributed by atoms with Gasteiger partial charge in [-0.2, -0.15) is 5.26 Å². The van der Waals surface area contributed by atoms with E-state index in [0.717, 1.165) is 22.4 Å². The number of aryl methyl sites for hydroxylation is 1. The summed E-state index contributed by atoms with van der Waals surface area (Å²) in [5, 5.41) is 25.5. The van der Waals surface area contributed by atoms with Crippen LogP contribution in [0.15, 0.2) is 48.5 Å². The van der Waals surface area contributed by atoms with Crippen LogP contribution in [0, 0.1) is 29.6 Å². The van der Waals surface area contributed by atoms with Gasteiger partial charge in [0.05, 0.1) is 6.07 Å². The van der Waals surface area contributed by atoms with Gasteiger partial charge in [0.15, 0.2) is 0 Å². The lowest BCUT2D eigenvalue weighted by Gasteiger charge is -2.29. The molecule has 2 atom stereocenters. The highest BCUT2D eigenvalue weighted by molar-refractivity contribution is 6.31. The molecule has 6 nitrogen and oxygen atoms in total. The number of para-hydroxylation sites is 1. The molecule has 3 aromatic rings. The highest BCUT2D eigenvalue weighted by atomic mass is 35.5. The van der Waals surface area contributed by atoms with Crippen LogP contribution >= 0.6 is 11.6 Å². The fourth-order valence-corrected chi connectivity index (χ4v) is 3.64. The van der Waals surface area contributed by atoms with Crippen LogP contribution in [-0.2, 0) is 6.61 Å². The van der Waals surface area contributed by atoms with Crippen molar-refractivity contribution in [2.45, 2.75) is 19.4 Å². The Morgan fingerprint density at radius 1 is 1.25 bits per heavy atom. The van der Waals surface area contributed by atoms with E-state index >= 15 is 0 Å². The van der Waals surface area contributed by atoms with Crippen molar-refractivity contribution in [3.05, 3.63) is 75.9 Å². The zero-order valence-electron chi connectivity index (χ0n) is 15.1. The van der Waals surface area contributed by atoms with Gasteiger partial charge < -0.3 is 9.47 Å². The third-order valence-corrected chi connectivity index (χ3v) is 5.20. The molecule has 2 unspecified atom stereocenters. The number of hydrogen-bond donors (Lipinski definition) is 2. The molecule has 1 aromatic heterocycles. The number of H-pyrrole nitrogens is 1. The Bertz CT molecular complexity index is 1090. The molecule has 1 aliphatic rings. The average molecular weight is 393 g/mol. The first-order chi connectivity index (χ1) is 13.6. The Kier molecular flexibility index (Phi) is 4.76. The fraction of sp³-hybridized carbons (Fsp3) is 0.190. The van der Waals surface area contributed by atoms with Crippen molar-refractivity contribution in [2.75, 3.05) is 0 Å². The van der Waals surface area contributed by atoms with E-state index in [-0.39, 0.29) is 5.90 Å². The number of benzene rings is 2. The largest absolute Gasteiger partial charge is 0.489 e. The molecule has 7 heteroatoms. The molecule has 4 rings (SSSR count). The van der Waals surface area contributed by atoms with E-state index < -0.39 is 11.8 Å². The molecule has 2 heterocycles. The van der Waals surface area contributed by atoms with E-state index in [4.69, 9.17) is 26.5 Å². The molecule has 2 aromatic carbocycles. The second kappa shape index (κ2) is 7.37. The maximum Gasteiger partial charge on any atom is 0.243 e. The SMILES string of the molecule is Cc1[nH]nc2c1C(c1ccccc1OCc1ccccc1Cl)C(C#N)C(=N)O2. The minimum Gasteiger partial charge on any atom is -0.489 e. The molecule has 0 aliphatic carbocycles. The number of nitriles is 1. The average Bonchev–Trinajstić information content (AvgIpc) is 3.07. The van der Waals surface area contributed by atoms with Gasteiger partial charge in [-0.1, -0.05) is 48.0 Å². The minimum atomic E-state index is -0.770. The van der Waals surface area contributed by atoms with Crippen molar-refractivity contribution in [3.63, 3.8) is 0 Å². The number of aromatic nitrogens is 2. The number of aromatic amines is 1. The number of fused-ring (bicyclic) bond motifs is 1. The second-order valence-electron chi connectivity index (χ2n) is 6.54. The van der Waals surface area contributed by atoms with Gasteiger partial charge in [-0.25, -0.2) is 0 Å². The summed E-state index contributed by atoms with van der Waals surface area (Å²) in [5.74, 6) is -0.336. The van der Waals surface area contributed by atoms with E-state index in [2.05, 4.69) is 16.3 Å². The van der Waals surface area contributed by atoms with E-state index in [1.54, 1.807) is 0 Å². The maximum atomic E-state index is 9.72. The van der Waals surface area contributed by atoms with Crippen molar-refractivity contribution in [1.29, 1.82) is 10.7 Å². The topological polar surface area (TPSA) is 94.8 Å². The zero-order chi connectivity index (χ0) is 19.7. The van der Waals surface area contributed by atoms with Gasteiger partial charge in [-0.3, -0.25) is 10.5 Å². The molecular weight excluding hydrogens is 376 g/mol. The second-order valence-corrected chi connectivity index (χ2v) is 6.94. The van der Waals surface area contributed by atoms with E-state index in [9.17, 15) is 5.26 Å². The molecule has 0 radical (unpaired) electrons. The van der Waals surface area contributed by atoms with Gasteiger partial charge in [-0.15, -0.1) is 5.10 Å². The standard InChI is InChI=1S/C21H17ClN4O2/c1-12-18-19(15(10-23)20(24)28-21(18)26-25-12)14-7-3-5-9-17(14)27-11-13-6-2-4-8-16(13)22/h2-9,15,19,24H,11H2,1H3,(H,25,26). The third kappa shape index (κ3) is 3.10. The van der Waals surface area contributed by atoms with Crippen LogP contribution in [0.4, 0.5) is 0 Å². The van der Waals surface area contributed by atoms with Crippen LogP contribution in [0.2, 0.25) is 5.02 Å². The lowest BCUT2D eigenvalue weighted by molar-refractivity contribution is 0.300. The first-order valence-corrected chi connectivity index (χ1v) is 9.14. The molecule has 2 N–H and O–H groups in total. The Labute approximate surface area is 167 Å². The fourth-order valence-electron chi connectivity index (χ4n) is 3.45. The maximum absolute atomic E-state index is 9.72. The zero-order valence-corrected chi connectivity index (χ0v) is 15.8. The summed E-state index contributed by atoms with van der Waals surface area (Å²) in [6, 6.07) is 17.2. The van der Waals surface area contributed by atoms with Gasteiger partial charge in [0.1, 0.15) is 18.3 Å². The summed E-state index contributed by atoms with van der Waals surface area (Å²) < 4.78 is 11.5. The first-order valence-electron chi connectivity index (χ1n) is 8.76. The predicted molar refractivity (Wildman–Crippen MR) is 105 cm³/mol. The number of nitrogens with zero attached hydrogens (tertiary/aromatic N) is 2. The van der Waals surface area contributed by atoms with Crippen LogP contribution in [-0.4, -0.2) is 16.1 Å². The van der Waals surface area contributed by atoms with Crippen molar-refractivity contribution in [3.8, 4) is 17.7 Å². The Morgan fingerprint density at radius 2 is 2.00 bits per heavy atom. The molecule has 0 fully saturated rings. The summed E-state index contributed by atoms with van der Waals surface area (Å²) in [7, 11) is 0. The molecule has 0 saturated carbocycles. The summed E-state index contributed by atoms with van der Waals surface area (Å²) in [6.45, 7) is 2.17. The van der Waals surface area contributed by atoms with Gasteiger partial charge >= 0.3 is 0 Å². The molecule has 1 aliphatic heterocycles. The van der Waals surface area contributed by atoms with Crippen LogP contribution in [0.1, 0.15) is 28.3 Å². The Hall–Kier alpha value is -3.30. The Morgan fingerprint density at radius 3 is 2.79 bits per heavy atom. The molecule has 28 heavy (non-hydrogen) atoms.